The maximum atomic E-state index is 3.75. The van der Waals surface area contributed by atoms with Crippen molar-refractivity contribution < 1.29 is 0 Å². The number of rotatable bonds is 1. The highest BCUT2D eigenvalue weighted by atomic mass is 15.0. The molecule has 4 rings (SSSR count). The first-order chi connectivity index (χ1) is 9.92. The molecule has 1 saturated carbocycles. The molecule has 0 unspecified atom stereocenters. The lowest BCUT2D eigenvalue weighted by Gasteiger charge is -2.31. The van der Waals surface area contributed by atoms with E-state index in [9.17, 15) is 0 Å². The van der Waals surface area contributed by atoms with Gasteiger partial charge in [-0.2, -0.15) is 0 Å². The first kappa shape index (κ1) is 12.1. The Morgan fingerprint density at radius 3 is 2.00 bits per heavy atom. The molecule has 2 N–H and O–H groups in total. The fourth-order valence-electron chi connectivity index (χ4n) is 3.83. The van der Waals surface area contributed by atoms with Crippen molar-refractivity contribution in [1.29, 1.82) is 0 Å². The second-order valence-electron chi connectivity index (χ2n) is 6.23. The molecule has 1 aliphatic carbocycles. The van der Waals surface area contributed by atoms with Gasteiger partial charge in [0.1, 0.15) is 0 Å². The van der Waals surface area contributed by atoms with E-state index in [1.54, 1.807) is 0 Å². The number of anilines is 2. The molecule has 0 saturated heterocycles. The Kier molecular flexibility index (Phi) is 3.06. The Bertz CT molecular complexity index is 577. The minimum absolute atomic E-state index is 0.397. The van der Waals surface area contributed by atoms with E-state index in [0.29, 0.717) is 6.98 Å². The molecule has 0 aromatic heterocycles. The molecule has 0 atom stereocenters. The van der Waals surface area contributed by atoms with Crippen LogP contribution in [0.5, 0.6) is 0 Å². The highest BCUT2D eigenvalue weighted by Gasteiger charge is 2.31. The van der Waals surface area contributed by atoms with Crippen molar-refractivity contribution in [2.24, 2.45) is 0 Å². The lowest BCUT2D eigenvalue weighted by atomic mass is 9.58. The number of benzene rings is 2. The van der Waals surface area contributed by atoms with Gasteiger partial charge >= 0.3 is 6.98 Å². The average molecular weight is 264 g/mol. The maximum Gasteiger partial charge on any atom is 0.373 e. The first-order valence-electron chi connectivity index (χ1n) is 7.97. The largest absolute Gasteiger partial charge is 0.409 e. The second-order valence-corrected chi connectivity index (χ2v) is 6.23. The average Bonchev–Trinajstić information content (AvgIpc) is 2.77. The van der Waals surface area contributed by atoms with Crippen molar-refractivity contribution in [3.05, 3.63) is 36.4 Å². The third kappa shape index (κ3) is 2.05. The van der Waals surface area contributed by atoms with Crippen molar-refractivity contribution >= 4 is 29.1 Å². The zero-order valence-electron chi connectivity index (χ0n) is 11.9. The van der Waals surface area contributed by atoms with Gasteiger partial charge in [0.15, 0.2) is 0 Å². The molecule has 1 fully saturated rings. The molecule has 0 spiro atoms. The SMILES string of the molecule is c1cc2c3c(cccc3c1)NB(C1CCCCCC1)N2. The number of hydrogen-bond donors (Lipinski definition) is 2. The van der Waals surface area contributed by atoms with E-state index in [-0.39, 0.29) is 0 Å². The van der Waals surface area contributed by atoms with Gasteiger partial charge in [0.25, 0.3) is 0 Å². The van der Waals surface area contributed by atoms with Gasteiger partial charge in [-0.15, -0.1) is 0 Å². The maximum absolute atomic E-state index is 3.75. The van der Waals surface area contributed by atoms with Crippen LogP contribution in [0.25, 0.3) is 10.8 Å². The summed E-state index contributed by atoms with van der Waals surface area (Å²) in [5, 5.41) is 10.2. The van der Waals surface area contributed by atoms with Gasteiger partial charge in [-0.25, -0.2) is 0 Å². The Hall–Kier alpha value is -1.64. The molecule has 2 nitrogen and oxygen atoms in total. The Morgan fingerprint density at radius 2 is 1.40 bits per heavy atom. The molecule has 3 heteroatoms. The molecule has 2 aliphatic rings. The van der Waals surface area contributed by atoms with Gasteiger partial charge < -0.3 is 10.5 Å². The molecule has 1 heterocycles. The lowest BCUT2D eigenvalue weighted by molar-refractivity contribution is 0.685. The van der Waals surface area contributed by atoms with E-state index in [4.69, 9.17) is 0 Å². The van der Waals surface area contributed by atoms with Crippen molar-refractivity contribution in [2.75, 3.05) is 10.5 Å². The van der Waals surface area contributed by atoms with E-state index in [1.165, 1.54) is 60.7 Å². The molecule has 0 radical (unpaired) electrons. The fraction of sp³-hybridized carbons (Fsp3) is 0.412. The molecule has 20 heavy (non-hydrogen) atoms. The molecule has 2 aromatic carbocycles. The lowest BCUT2D eigenvalue weighted by Crippen LogP contribution is -2.41. The van der Waals surface area contributed by atoms with Crippen LogP contribution in [0.1, 0.15) is 38.5 Å². The van der Waals surface area contributed by atoms with Crippen LogP contribution in [0.4, 0.5) is 11.4 Å². The van der Waals surface area contributed by atoms with Gasteiger partial charge in [0, 0.05) is 16.8 Å². The summed E-state index contributed by atoms with van der Waals surface area (Å²) in [7, 11) is 0. The standard InChI is InChI=1S/C17H21BN2/c1-2-4-10-14(9-3-1)18-19-15-11-5-7-13-8-6-12-16(20-18)17(13)15/h5-8,11-12,14,19-20H,1-4,9-10H2. The van der Waals surface area contributed by atoms with E-state index >= 15 is 0 Å². The molecular formula is C17H21BN2. The predicted molar refractivity (Wildman–Crippen MR) is 88.4 cm³/mol. The van der Waals surface area contributed by atoms with E-state index < -0.39 is 0 Å². The van der Waals surface area contributed by atoms with Crippen molar-refractivity contribution in [3.63, 3.8) is 0 Å². The van der Waals surface area contributed by atoms with Crippen molar-refractivity contribution in [2.45, 2.75) is 44.3 Å². The van der Waals surface area contributed by atoms with Crippen LogP contribution in [-0.2, 0) is 0 Å². The van der Waals surface area contributed by atoms with Crippen molar-refractivity contribution in [3.8, 4) is 0 Å². The van der Waals surface area contributed by atoms with Gasteiger partial charge in [-0.3, -0.25) is 0 Å². The molecule has 102 valence electrons. The first-order valence-corrected chi connectivity index (χ1v) is 7.97. The minimum atomic E-state index is 0.397. The van der Waals surface area contributed by atoms with E-state index in [1.807, 2.05) is 0 Å². The zero-order chi connectivity index (χ0) is 13.4. The van der Waals surface area contributed by atoms with E-state index in [0.717, 1.165) is 5.82 Å². The summed E-state index contributed by atoms with van der Waals surface area (Å²) in [6.07, 6.45) is 8.29. The van der Waals surface area contributed by atoms with Crippen LogP contribution < -0.4 is 10.5 Å². The molecular weight excluding hydrogens is 243 g/mol. The Morgan fingerprint density at radius 1 is 0.800 bits per heavy atom. The highest BCUT2D eigenvalue weighted by Crippen LogP contribution is 2.38. The summed E-state index contributed by atoms with van der Waals surface area (Å²) < 4.78 is 0. The monoisotopic (exact) mass is 264 g/mol. The molecule has 0 bridgehead atoms. The third-order valence-electron chi connectivity index (χ3n) is 4.90. The van der Waals surface area contributed by atoms with Gasteiger partial charge in [-0.05, 0) is 23.3 Å². The van der Waals surface area contributed by atoms with Crippen LogP contribution in [0.3, 0.4) is 0 Å². The number of nitrogens with one attached hydrogen (secondary N) is 2. The summed E-state index contributed by atoms with van der Waals surface area (Å²) in [6.45, 7) is 0.397. The number of hydrogen-bond acceptors (Lipinski definition) is 2. The summed E-state index contributed by atoms with van der Waals surface area (Å²) in [6, 6.07) is 13.1. The fourth-order valence-corrected chi connectivity index (χ4v) is 3.83. The van der Waals surface area contributed by atoms with Gasteiger partial charge in [-0.1, -0.05) is 62.8 Å². The minimum Gasteiger partial charge on any atom is -0.409 e. The molecule has 0 amide bonds. The smallest absolute Gasteiger partial charge is 0.373 e. The Labute approximate surface area is 121 Å². The second kappa shape index (κ2) is 5.04. The van der Waals surface area contributed by atoms with E-state index in [2.05, 4.69) is 46.9 Å². The van der Waals surface area contributed by atoms with Gasteiger partial charge in [0.2, 0.25) is 0 Å². The normalized spacial score (nSPS) is 19.3. The third-order valence-corrected chi connectivity index (χ3v) is 4.90. The zero-order valence-corrected chi connectivity index (χ0v) is 11.9. The van der Waals surface area contributed by atoms with Crippen LogP contribution >= 0.6 is 0 Å². The Balaban J connectivity index is 1.68. The van der Waals surface area contributed by atoms with Crippen molar-refractivity contribution in [1.82, 2.24) is 0 Å². The molecule has 2 aromatic rings. The van der Waals surface area contributed by atoms with Crippen LogP contribution in [0.15, 0.2) is 36.4 Å². The topological polar surface area (TPSA) is 24.1 Å². The van der Waals surface area contributed by atoms with Crippen LogP contribution in [-0.4, -0.2) is 6.98 Å². The van der Waals surface area contributed by atoms with Crippen LogP contribution in [0, 0.1) is 0 Å². The highest BCUT2D eigenvalue weighted by molar-refractivity contribution is 6.69. The molecule has 1 aliphatic heterocycles. The summed E-state index contributed by atoms with van der Waals surface area (Å²) in [4.78, 5) is 0. The van der Waals surface area contributed by atoms with Crippen LogP contribution in [0.2, 0.25) is 5.82 Å². The predicted octanol–water partition coefficient (Wildman–Crippen LogP) is 4.89. The quantitative estimate of drug-likeness (QED) is 0.566. The summed E-state index contributed by atoms with van der Waals surface area (Å²) in [5.74, 6) is 0.751. The summed E-state index contributed by atoms with van der Waals surface area (Å²) >= 11 is 0. The summed E-state index contributed by atoms with van der Waals surface area (Å²) in [5.41, 5.74) is 2.59. The van der Waals surface area contributed by atoms with Gasteiger partial charge in [0.05, 0.1) is 0 Å².